The number of nitrogens with zero attached hydrogens (tertiary/aromatic N) is 12. The van der Waals surface area contributed by atoms with Gasteiger partial charge in [0, 0.05) is 58.5 Å². The Hall–Kier alpha value is -9.48. The van der Waals surface area contributed by atoms with Crippen molar-refractivity contribution in [3.05, 3.63) is 146 Å². The van der Waals surface area contributed by atoms with Crippen molar-refractivity contribution in [3.8, 4) is 0 Å². The first kappa shape index (κ1) is 66.4. The molecule has 10 rings (SSSR count). The number of hydrogen-bond acceptors (Lipinski definition) is 12. The molecule has 0 saturated carbocycles. The van der Waals surface area contributed by atoms with Crippen molar-refractivity contribution in [2.75, 3.05) is 78.5 Å². The van der Waals surface area contributed by atoms with Gasteiger partial charge in [0.2, 0.25) is 35.4 Å². The Bertz CT molecular complexity index is 3150. The lowest BCUT2D eigenvalue weighted by molar-refractivity contribution is -0.154. The highest BCUT2D eigenvalue weighted by Crippen LogP contribution is 2.45. The molecule has 15 amide bonds. The van der Waals surface area contributed by atoms with Gasteiger partial charge in [-0.3, -0.25) is 57.9 Å². The molecule has 7 saturated heterocycles. The van der Waals surface area contributed by atoms with Crippen LogP contribution in [0.3, 0.4) is 0 Å². The minimum absolute atomic E-state index is 0.111. The van der Waals surface area contributed by atoms with Crippen LogP contribution in [0.15, 0.2) is 129 Å². The SMILES string of the molecule is C=CCN1C(=O)N(Cc2ccccc2)C(=O)[C@@]12C[C@H]1C(=O)N(CC(C)C)CC(=O)N3C[C@@]4(C[C@H]3C(=O)N(CC(C)C)CC(=O)N3C[C@@]5(C[C@H]3C(=O)N(CC(C)C)CC(=O)N1C2)C(=O)N(Cc1ccccc1)C(=O)N5CC=C)C(=O)N(Cc1ccccc1)C(=O)N4CC=C. The van der Waals surface area contributed by atoms with Crippen molar-refractivity contribution in [1.82, 2.24) is 58.8 Å². The molecule has 3 spiro atoms. The van der Waals surface area contributed by atoms with Crippen molar-refractivity contribution in [1.29, 1.82) is 0 Å². The average Bonchev–Trinajstić information content (AvgIpc) is 1.58. The van der Waals surface area contributed by atoms with Gasteiger partial charge in [0.05, 0.1) is 58.9 Å². The molecule has 7 aliphatic heterocycles. The molecular formula is C69H84N12O12. The molecule has 93 heavy (non-hydrogen) atoms. The predicted octanol–water partition coefficient (Wildman–Crippen LogP) is 4.42. The number of imide groups is 3. The second-order valence-corrected chi connectivity index (χ2v) is 26.8. The molecular weight excluding hydrogens is 1190 g/mol. The Labute approximate surface area is 542 Å². The third-order valence-corrected chi connectivity index (χ3v) is 18.9. The molecule has 3 aromatic carbocycles. The highest BCUT2D eigenvalue weighted by atomic mass is 16.2. The van der Waals surface area contributed by atoms with Gasteiger partial charge >= 0.3 is 18.1 Å². The number of benzene rings is 3. The lowest BCUT2D eigenvalue weighted by Gasteiger charge is -2.36. The largest absolute Gasteiger partial charge is 0.331 e. The van der Waals surface area contributed by atoms with Gasteiger partial charge in [-0.15, -0.1) is 19.7 Å². The van der Waals surface area contributed by atoms with E-state index in [0.717, 1.165) is 14.7 Å². The van der Waals surface area contributed by atoms with Gasteiger partial charge < -0.3 is 44.1 Å². The summed E-state index contributed by atoms with van der Waals surface area (Å²) in [6.45, 7) is 17.4. The summed E-state index contributed by atoms with van der Waals surface area (Å²) in [5.41, 5.74) is -3.80. The van der Waals surface area contributed by atoms with Gasteiger partial charge in [-0.05, 0) is 34.4 Å². The third-order valence-electron chi connectivity index (χ3n) is 18.9. The zero-order valence-corrected chi connectivity index (χ0v) is 54.0. The molecule has 0 unspecified atom stereocenters. The van der Waals surface area contributed by atoms with Crippen LogP contribution >= 0.6 is 0 Å². The van der Waals surface area contributed by atoms with Crippen LogP contribution in [-0.2, 0) is 62.8 Å². The Balaban J connectivity index is 1.14. The van der Waals surface area contributed by atoms with Gasteiger partial charge in [-0.25, -0.2) is 14.4 Å². The standard InChI is InChI=1S/C69H84N12O12/c1-10-28-79-64(91)73(37-49-22-16-13-17-23-49)61(88)67(79)31-52-58(85)70(34-46(4)5)41-56(83)77-44-69(63(90)75(66(93)81(69)30-12-3)39-51-26-20-15-21-27-51)33-54(77)60(87)72(36-48(8)9)42-57(84)78-45-68(32-53(78)59(86)71(35-47(6)7)40-55(82)76(52)43-67)62(89)74(65(92)80(68)29-11-2)38-50-24-18-14-19-25-50/h10-27,46-48,52-54H,1-3,28-45H2,4-9H3/t52-,53-,54-,67-,68-,69-/m0/s1. The van der Waals surface area contributed by atoms with Crippen LogP contribution in [0.4, 0.5) is 14.4 Å². The molecule has 6 atom stereocenters. The van der Waals surface area contributed by atoms with E-state index in [4.69, 9.17) is 0 Å². The van der Waals surface area contributed by atoms with Crippen LogP contribution in [0.1, 0.15) is 77.5 Å². The minimum Gasteiger partial charge on any atom is -0.331 e. The first-order valence-corrected chi connectivity index (χ1v) is 31.9. The number of rotatable bonds is 18. The molecule has 7 fully saturated rings. The summed E-state index contributed by atoms with van der Waals surface area (Å²) < 4.78 is 0. The quantitative estimate of drug-likeness (QED) is 0.127. The van der Waals surface area contributed by atoms with E-state index in [2.05, 4.69) is 19.7 Å². The molecule has 0 aromatic heterocycles. The molecule has 0 N–H and O–H groups in total. The van der Waals surface area contributed by atoms with Crippen LogP contribution in [0.5, 0.6) is 0 Å². The topological polar surface area (TPSA) is 244 Å². The molecule has 0 aliphatic carbocycles. The Morgan fingerprint density at radius 3 is 0.839 bits per heavy atom. The van der Waals surface area contributed by atoms with E-state index in [1.807, 2.05) is 41.5 Å². The number of hydrogen-bond donors (Lipinski definition) is 0. The highest BCUT2D eigenvalue weighted by molar-refractivity contribution is 6.11. The fourth-order valence-corrected chi connectivity index (χ4v) is 14.8. The molecule has 7 aliphatic rings. The minimum atomic E-state index is -1.89. The number of fused-ring (bicyclic) bond motifs is 3. The highest BCUT2D eigenvalue weighted by Gasteiger charge is 2.68. The monoisotopic (exact) mass is 1270 g/mol. The first-order chi connectivity index (χ1) is 44.3. The van der Waals surface area contributed by atoms with E-state index >= 15 is 43.2 Å². The lowest BCUT2D eigenvalue weighted by atomic mass is 9.93. The van der Waals surface area contributed by atoms with E-state index in [-0.39, 0.29) is 76.7 Å². The molecule has 492 valence electrons. The summed E-state index contributed by atoms with van der Waals surface area (Å²) in [6, 6.07) is 19.6. The molecule has 24 nitrogen and oxygen atoms in total. The van der Waals surface area contributed by atoms with Crippen molar-refractivity contribution in [2.45, 2.75) is 115 Å². The van der Waals surface area contributed by atoms with Crippen LogP contribution in [0, 0.1) is 17.8 Å². The number of urea groups is 3. The summed E-state index contributed by atoms with van der Waals surface area (Å²) in [5, 5.41) is 0. The maximum absolute atomic E-state index is 16.1. The number of amides is 15. The fourth-order valence-electron chi connectivity index (χ4n) is 14.8. The zero-order valence-electron chi connectivity index (χ0n) is 54.0. The smallest absolute Gasteiger partial charge is 0.328 e. The zero-order chi connectivity index (χ0) is 67.0. The second-order valence-electron chi connectivity index (χ2n) is 26.8. The molecule has 7 heterocycles. The number of carbonyl (C=O) groups excluding carboxylic acids is 12. The van der Waals surface area contributed by atoms with Crippen LogP contribution < -0.4 is 0 Å². The van der Waals surface area contributed by atoms with E-state index in [0.29, 0.717) is 16.7 Å². The second kappa shape index (κ2) is 26.6. The maximum atomic E-state index is 16.1. The summed E-state index contributed by atoms with van der Waals surface area (Å²) in [4.78, 5) is 201. The molecule has 0 radical (unpaired) electrons. The van der Waals surface area contributed by atoms with E-state index < -0.39 is 165 Å². The Kier molecular flexibility index (Phi) is 19.0. The van der Waals surface area contributed by atoms with E-state index in [9.17, 15) is 14.4 Å². The van der Waals surface area contributed by atoms with Crippen molar-refractivity contribution in [2.24, 2.45) is 17.8 Å². The molecule has 3 aromatic rings. The maximum Gasteiger partial charge on any atom is 0.328 e. The van der Waals surface area contributed by atoms with Crippen LogP contribution in [0.2, 0.25) is 0 Å². The van der Waals surface area contributed by atoms with Crippen LogP contribution in [0.25, 0.3) is 0 Å². The Morgan fingerprint density at radius 2 is 0.624 bits per heavy atom. The lowest BCUT2D eigenvalue weighted by Crippen LogP contribution is -2.58. The Morgan fingerprint density at radius 1 is 0.387 bits per heavy atom. The molecule has 0 bridgehead atoms. The van der Waals surface area contributed by atoms with E-state index in [1.54, 1.807) is 91.0 Å². The van der Waals surface area contributed by atoms with Gasteiger partial charge in [-0.1, -0.05) is 151 Å². The number of carbonyl (C=O) groups is 12. The van der Waals surface area contributed by atoms with E-state index in [1.165, 1.54) is 62.3 Å². The predicted molar refractivity (Wildman–Crippen MR) is 341 cm³/mol. The fraction of sp³-hybridized carbons (Fsp3) is 0.478. The van der Waals surface area contributed by atoms with Crippen molar-refractivity contribution < 1.29 is 57.5 Å². The summed E-state index contributed by atoms with van der Waals surface area (Å²) >= 11 is 0. The van der Waals surface area contributed by atoms with Crippen LogP contribution in [-0.4, -0.2) is 243 Å². The third kappa shape index (κ3) is 12.2. The van der Waals surface area contributed by atoms with Gasteiger partial charge in [-0.2, -0.15) is 0 Å². The van der Waals surface area contributed by atoms with Gasteiger partial charge in [0.25, 0.3) is 17.7 Å². The summed E-state index contributed by atoms with van der Waals surface area (Å²) in [6.07, 6.45) is 2.95. The first-order valence-electron chi connectivity index (χ1n) is 31.9. The summed E-state index contributed by atoms with van der Waals surface area (Å²) in [5.74, 6) is -7.99. The summed E-state index contributed by atoms with van der Waals surface area (Å²) in [7, 11) is 0. The van der Waals surface area contributed by atoms with Crippen molar-refractivity contribution >= 4 is 71.3 Å². The van der Waals surface area contributed by atoms with Gasteiger partial charge in [0.15, 0.2) is 0 Å². The van der Waals surface area contributed by atoms with Crippen molar-refractivity contribution in [3.63, 3.8) is 0 Å². The normalized spacial score (nSPS) is 26.0. The average molecular weight is 1270 g/mol. The van der Waals surface area contributed by atoms with Gasteiger partial charge in [0.1, 0.15) is 34.7 Å². The molecule has 24 heteroatoms.